The Morgan fingerprint density at radius 1 is 1.10 bits per heavy atom. The van der Waals surface area contributed by atoms with Crippen molar-refractivity contribution in [1.82, 2.24) is 14.9 Å². The summed E-state index contributed by atoms with van der Waals surface area (Å²) in [6.07, 6.45) is 1.84. The van der Waals surface area contributed by atoms with Crippen LogP contribution in [-0.2, 0) is 26.2 Å². The molecule has 0 unspecified atom stereocenters. The van der Waals surface area contributed by atoms with Crippen LogP contribution in [-0.4, -0.2) is 43.3 Å². The minimum absolute atomic E-state index is 0.0506. The minimum Gasteiger partial charge on any atom is -0.467 e. The number of amides is 2. The number of carbonyl (C=O) groups excluding carboxylic acids is 2. The Morgan fingerprint density at radius 2 is 1.77 bits per heavy atom. The number of nitrogens with zero attached hydrogens (tertiary/aromatic N) is 1. The second-order valence-corrected chi connectivity index (χ2v) is 9.67. The summed E-state index contributed by atoms with van der Waals surface area (Å²) in [6, 6.07) is 10.4. The van der Waals surface area contributed by atoms with Crippen LogP contribution >= 0.6 is 0 Å². The highest BCUT2D eigenvalue weighted by molar-refractivity contribution is 7.89. The molecule has 8 nitrogen and oxygen atoms in total. The van der Waals surface area contributed by atoms with Gasteiger partial charge in [0.05, 0.1) is 24.2 Å². The van der Waals surface area contributed by atoms with E-state index in [9.17, 15) is 18.0 Å². The van der Waals surface area contributed by atoms with Gasteiger partial charge in [-0.3, -0.25) is 9.59 Å². The van der Waals surface area contributed by atoms with Gasteiger partial charge in [-0.05, 0) is 51.5 Å². The molecule has 0 saturated heterocycles. The van der Waals surface area contributed by atoms with E-state index < -0.39 is 34.1 Å². The van der Waals surface area contributed by atoms with Crippen molar-refractivity contribution in [2.24, 2.45) is 0 Å². The van der Waals surface area contributed by atoms with Crippen molar-refractivity contribution < 1.29 is 22.4 Å². The molecule has 30 heavy (non-hydrogen) atoms. The summed E-state index contributed by atoms with van der Waals surface area (Å²) in [4.78, 5) is 27.2. The summed E-state index contributed by atoms with van der Waals surface area (Å²) < 4.78 is 32.6. The zero-order chi connectivity index (χ0) is 22.4. The van der Waals surface area contributed by atoms with Gasteiger partial charge in [0.2, 0.25) is 21.8 Å². The van der Waals surface area contributed by atoms with Crippen LogP contribution < -0.4 is 10.0 Å². The van der Waals surface area contributed by atoms with Gasteiger partial charge in [-0.2, -0.15) is 0 Å². The van der Waals surface area contributed by atoms with E-state index in [0.29, 0.717) is 12.2 Å². The van der Waals surface area contributed by atoms with Crippen LogP contribution in [0.2, 0.25) is 0 Å². The number of benzene rings is 1. The van der Waals surface area contributed by atoms with Crippen molar-refractivity contribution in [3.63, 3.8) is 0 Å². The smallest absolute Gasteiger partial charge is 0.243 e. The molecular weight excluding hydrogens is 406 g/mol. The van der Waals surface area contributed by atoms with E-state index in [4.69, 9.17) is 4.42 Å². The molecule has 0 spiro atoms. The molecule has 1 aromatic heterocycles. The fourth-order valence-electron chi connectivity index (χ4n) is 2.88. The molecule has 0 aliphatic rings. The first kappa shape index (κ1) is 23.6. The number of rotatable bonds is 9. The molecule has 0 radical (unpaired) electrons. The van der Waals surface area contributed by atoms with E-state index in [0.717, 1.165) is 0 Å². The van der Waals surface area contributed by atoms with Crippen LogP contribution in [0.3, 0.4) is 0 Å². The van der Waals surface area contributed by atoms with E-state index >= 15 is 0 Å². The molecule has 2 N–H and O–H groups in total. The first-order chi connectivity index (χ1) is 14.0. The average molecular weight is 436 g/mol. The summed E-state index contributed by atoms with van der Waals surface area (Å²) >= 11 is 0. The van der Waals surface area contributed by atoms with Crippen LogP contribution in [0.15, 0.2) is 58.0 Å². The number of carbonyl (C=O) groups is 2. The Morgan fingerprint density at radius 3 is 2.30 bits per heavy atom. The number of hydrogen-bond donors (Lipinski definition) is 2. The molecule has 0 saturated carbocycles. The van der Waals surface area contributed by atoms with Crippen LogP contribution in [0.5, 0.6) is 0 Å². The summed E-state index contributed by atoms with van der Waals surface area (Å²) in [6.45, 7) is 6.93. The van der Waals surface area contributed by atoms with Crippen LogP contribution in [0.4, 0.5) is 0 Å². The van der Waals surface area contributed by atoms with Gasteiger partial charge in [0.15, 0.2) is 0 Å². The quantitative estimate of drug-likeness (QED) is 0.628. The zero-order valence-electron chi connectivity index (χ0n) is 17.7. The van der Waals surface area contributed by atoms with E-state index in [1.807, 2.05) is 20.8 Å². The van der Waals surface area contributed by atoms with Gasteiger partial charge in [0.1, 0.15) is 11.8 Å². The highest BCUT2D eigenvalue weighted by atomic mass is 32.2. The molecule has 0 aliphatic heterocycles. The van der Waals surface area contributed by atoms with Crippen molar-refractivity contribution in [1.29, 1.82) is 0 Å². The summed E-state index contributed by atoms with van der Waals surface area (Å²) in [7, 11) is -3.85. The number of nitrogens with one attached hydrogen (secondary N) is 2. The summed E-state index contributed by atoms with van der Waals surface area (Å²) in [5, 5.41) is 2.88. The molecule has 0 bridgehead atoms. The van der Waals surface area contributed by atoms with Gasteiger partial charge >= 0.3 is 0 Å². The molecular formula is C21H29N3O5S. The van der Waals surface area contributed by atoms with Crippen molar-refractivity contribution >= 4 is 21.8 Å². The average Bonchev–Trinajstić information content (AvgIpc) is 3.18. The van der Waals surface area contributed by atoms with Gasteiger partial charge in [-0.1, -0.05) is 25.1 Å². The van der Waals surface area contributed by atoms with Crippen LogP contribution in [0.25, 0.3) is 0 Å². The SMILES string of the molecule is CC[C@H](C(=O)NC(C)(C)C)N(Cc1ccco1)C(=O)CNS(=O)(=O)c1ccccc1. The van der Waals surface area contributed by atoms with E-state index in [2.05, 4.69) is 10.0 Å². The fraction of sp³-hybridized carbons (Fsp3) is 0.429. The lowest BCUT2D eigenvalue weighted by molar-refractivity contribution is -0.141. The fourth-order valence-corrected chi connectivity index (χ4v) is 3.88. The highest BCUT2D eigenvalue weighted by Gasteiger charge is 2.31. The Kier molecular flexibility index (Phi) is 7.80. The van der Waals surface area contributed by atoms with Gasteiger partial charge in [-0.25, -0.2) is 13.1 Å². The Hall–Kier alpha value is -2.65. The highest BCUT2D eigenvalue weighted by Crippen LogP contribution is 2.14. The maximum atomic E-state index is 13.0. The lowest BCUT2D eigenvalue weighted by atomic mass is 10.1. The lowest BCUT2D eigenvalue weighted by Crippen LogP contribution is -2.54. The topological polar surface area (TPSA) is 109 Å². The van der Waals surface area contributed by atoms with Crippen molar-refractivity contribution in [2.45, 2.75) is 57.1 Å². The number of furan rings is 1. The second-order valence-electron chi connectivity index (χ2n) is 7.90. The first-order valence-corrected chi connectivity index (χ1v) is 11.2. The molecule has 164 valence electrons. The number of sulfonamides is 1. The molecule has 0 aliphatic carbocycles. The van der Waals surface area contributed by atoms with E-state index in [-0.39, 0.29) is 17.3 Å². The lowest BCUT2D eigenvalue weighted by Gasteiger charge is -2.32. The molecule has 1 aromatic carbocycles. The third kappa shape index (κ3) is 6.70. The minimum atomic E-state index is -3.85. The maximum Gasteiger partial charge on any atom is 0.243 e. The monoisotopic (exact) mass is 435 g/mol. The largest absolute Gasteiger partial charge is 0.467 e. The Balaban J connectivity index is 2.20. The van der Waals surface area contributed by atoms with Gasteiger partial charge in [-0.15, -0.1) is 0 Å². The molecule has 1 heterocycles. The Bertz CT molecular complexity index is 935. The van der Waals surface area contributed by atoms with Crippen molar-refractivity contribution in [3.05, 3.63) is 54.5 Å². The van der Waals surface area contributed by atoms with Crippen LogP contribution in [0.1, 0.15) is 39.9 Å². The van der Waals surface area contributed by atoms with Crippen LogP contribution in [0, 0.1) is 0 Å². The molecule has 2 aromatic rings. The third-order valence-electron chi connectivity index (χ3n) is 4.26. The third-order valence-corrected chi connectivity index (χ3v) is 5.67. The predicted molar refractivity (Wildman–Crippen MR) is 113 cm³/mol. The normalized spacial score (nSPS) is 12.9. The molecule has 1 atom stereocenters. The Labute approximate surface area is 177 Å². The van der Waals surface area contributed by atoms with E-state index in [1.165, 1.54) is 23.3 Å². The predicted octanol–water partition coefficient (Wildman–Crippen LogP) is 2.28. The van der Waals surface area contributed by atoms with Gasteiger partial charge in [0.25, 0.3) is 0 Å². The molecule has 2 rings (SSSR count). The molecule has 2 amide bonds. The van der Waals surface area contributed by atoms with Crippen molar-refractivity contribution in [2.75, 3.05) is 6.54 Å². The zero-order valence-corrected chi connectivity index (χ0v) is 18.5. The number of hydrogen-bond acceptors (Lipinski definition) is 5. The second kappa shape index (κ2) is 9.90. The van der Waals surface area contributed by atoms with Gasteiger partial charge < -0.3 is 14.6 Å². The maximum absolute atomic E-state index is 13.0. The first-order valence-electron chi connectivity index (χ1n) is 9.72. The van der Waals surface area contributed by atoms with Crippen molar-refractivity contribution in [3.8, 4) is 0 Å². The van der Waals surface area contributed by atoms with Gasteiger partial charge in [0, 0.05) is 5.54 Å². The molecule has 9 heteroatoms. The molecule has 0 fully saturated rings. The summed E-state index contributed by atoms with van der Waals surface area (Å²) in [5.41, 5.74) is -0.473. The summed E-state index contributed by atoms with van der Waals surface area (Å²) in [5.74, 6) is -0.339. The van der Waals surface area contributed by atoms with E-state index in [1.54, 1.807) is 37.3 Å². The standard InChI is InChI=1S/C21H29N3O5S/c1-5-18(20(26)23-21(2,3)4)24(15-16-10-9-13-29-16)19(25)14-22-30(27,28)17-11-7-6-8-12-17/h6-13,18,22H,5,14-15H2,1-4H3,(H,23,26)/t18-/m1/s1.